The van der Waals surface area contributed by atoms with Crippen LogP contribution in [0.3, 0.4) is 0 Å². The van der Waals surface area contributed by atoms with Gasteiger partial charge in [-0.3, -0.25) is 10.3 Å². The molecule has 0 spiro atoms. The molecule has 4 rings (SSSR count). The summed E-state index contributed by atoms with van der Waals surface area (Å²) < 4.78 is 41.0. The number of aliphatic hydroxyl groups is 1. The molecule has 1 aromatic carbocycles. The summed E-state index contributed by atoms with van der Waals surface area (Å²) in [5.41, 5.74) is -0.117. The molecule has 1 aliphatic rings. The Balaban J connectivity index is 1.60. The first-order chi connectivity index (χ1) is 19.2. The van der Waals surface area contributed by atoms with E-state index in [0.717, 1.165) is 0 Å². The number of aromatic nitrogens is 4. The van der Waals surface area contributed by atoms with E-state index in [4.69, 9.17) is 28.6 Å². The van der Waals surface area contributed by atoms with Crippen LogP contribution in [0.4, 0.5) is 23.9 Å². The molecule has 1 aliphatic heterocycles. The molecule has 3 heterocycles. The van der Waals surface area contributed by atoms with Crippen LogP contribution in [0.25, 0.3) is 5.82 Å². The van der Waals surface area contributed by atoms with Crippen molar-refractivity contribution in [2.45, 2.75) is 38.2 Å². The van der Waals surface area contributed by atoms with E-state index >= 15 is 0 Å². The number of nitrogens with one attached hydrogen (secondary N) is 3. The summed E-state index contributed by atoms with van der Waals surface area (Å²) in [6.07, 6.45) is -6.35. The van der Waals surface area contributed by atoms with Crippen molar-refractivity contribution in [2.75, 3.05) is 31.1 Å². The van der Waals surface area contributed by atoms with Crippen molar-refractivity contribution in [3.63, 3.8) is 0 Å². The van der Waals surface area contributed by atoms with Gasteiger partial charge in [0.05, 0.1) is 18.1 Å². The standard InChI is InChI=1S/C25H28Cl2F3N9O2/c1-24(2)14-37(11-10-34-24)22-35-19(36-39(22)21-17(27)4-3-9-32-21)12-33-23(41)38(13-18(40)25(28,29)30)20(31)15-5-7-16(26)8-6-15/h3-9,18,31,34,40H,10-14H2,1-2H3,(H,33,41)/t18-/m0/s1. The fourth-order valence-corrected chi connectivity index (χ4v) is 4.51. The normalized spacial score (nSPS) is 15.9. The Kier molecular flexibility index (Phi) is 9.07. The Labute approximate surface area is 243 Å². The second-order valence-corrected chi connectivity index (χ2v) is 10.8. The van der Waals surface area contributed by atoms with Crippen molar-refractivity contribution in [3.05, 3.63) is 64.0 Å². The quantitative estimate of drug-likeness (QED) is 0.236. The first kappa shape index (κ1) is 30.5. The number of anilines is 1. The molecule has 0 saturated carbocycles. The van der Waals surface area contributed by atoms with Gasteiger partial charge in [-0.25, -0.2) is 9.78 Å². The maximum atomic E-state index is 13.2. The molecule has 1 atom stereocenters. The fourth-order valence-electron chi connectivity index (χ4n) is 4.18. The van der Waals surface area contributed by atoms with Crippen LogP contribution in [0.5, 0.6) is 0 Å². The van der Waals surface area contributed by atoms with Crippen LogP contribution in [0.15, 0.2) is 42.6 Å². The second kappa shape index (κ2) is 12.2. The highest BCUT2D eigenvalue weighted by Crippen LogP contribution is 2.25. The third-order valence-corrected chi connectivity index (χ3v) is 6.74. The number of halogens is 5. The summed E-state index contributed by atoms with van der Waals surface area (Å²) in [6, 6.07) is 7.87. The van der Waals surface area contributed by atoms with E-state index in [-0.39, 0.29) is 23.5 Å². The Morgan fingerprint density at radius 1 is 1.27 bits per heavy atom. The molecule has 3 aromatic rings. The van der Waals surface area contributed by atoms with E-state index in [1.165, 1.54) is 28.9 Å². The molecule has 0 radical (unpaired) electrons. The summed E-state index contributed by atoms with van der Waals surface area (Å²) in [5.74, 6) is 0.290. The second-order valence-electron chi connectivity index (χ2n) is 9.96. The van der Waals surface area contributed by atoms with Gasteiger partial charge in [-0.15, -0.1) is 5.10 Å². The highest BCUT2D eigenvalue weighted by molar-refractivity contribution is 6.32. The number of hydrogen-bond acceptors (Lipinski definition) is 8. The number of amides is 2. The Hall–Kier alpha value is -3.46. The molecule has 16 heteroatoms. The summed E-state index contributed by atoms with van der Waals surface area (Å²) in [5, 5.41) is 29.1. The minimum absolute atomic E-state index is 0.120. The van der Waals surface area contributed by atoms with Gasteiger partial charge in [-0.1, -0.05) is 23.2 Å². The topological polar surface area (TPSA) is 135 Å². The van der Waals surface area contributed by atoms with E-state index in [1.807, 2.05) is 18.7 Å². The number of aliphatic hydroxyl groups excluding tert-OH is 1. The number of amidine groups is 1. The fraction of sp³-hybridized carbons (Fsp3) is 0.400. The van der Waals surface area contributed by atoms with Gasteiger partial charge < -0.3 is 20.6 Å². The van der Waals surface area contributed by atoms with Crippen molar-refractivity contribution in [2.24, 2.45) is 0 Å². The molecule has 1 fully saturated rings. The third kappa shape index (κ3) is 7.44. The third-order valence-electron chi connectivity index (χ3n) is 6.19. The lowest BCUT2D eigenvalue weighted by atomic mass is 10.0. The number of carbonyl (C=O) groups is 1. The molecule has 2 amide bonds. The molecule has 220 valence electrons. The van der Waals surface area contributed by atoms with Crippen LogP contribution >= 0.6 is 23.2 Å². The average Bonchev–Trinajstić information content (AvgIpc) is 3.33. The molecule has 4 N–H and O–H groups in total. The number of piperazine rings is 1. The lowest BCUT2D eigenvalue weighted by Gasteiger charge is -2.39. The van der Waals surface area contributed by atoms with Crippen LogP contribution in [-0.4, -0.2) is 85.6 Å². The number of nitrogens with zero attached hydrogens (tertiary/aromatic N) is 6. The molecule has 2 aromatic heterocycles. The predicted molar refractivity (Wildman–Crippen MR) is 148 cm³/mol. The van der Waals surface area contributed by atoms with Crippen molar-refractivity contribution in [3.8, 4) is 5.82 Å². The van der Waals surface area contributed by atoms with Crippen LogP contribution in [0, 0.1) is 5.41 Å². The maximum Gasteiger partial charge on any atom is 0.416 e. The van der Waals surface area contributed by atoms with Gasteiger partial charge in [-0.2, -0.15) is 22.8 Å². The van der Waals surface area contributed by atoms with Crippen LogP contribution in [0.2, 0.25) is 10.0 Å². The first-order valence-corrected chi connectivity index (χ1v) is 13.2. The summed E-state index contributed by atoms with van der Waals surface area (Å²) >= 11 is 12.3. The van der Waals surface area contributed by atoms with Crippen LogP contribution < -0.4 is 15.5 Å². The van der Waals surface area contributed by atoms with Crippen molar-refractivity contribution in [1.82, 2.24) is 35.3 Å². The van der Waals surface area contributed by atoms with Gasteiger partial charge >= 0.3 is 12.2 Å². The molecule has 41 heavy (non-hydrogen) atoms. The number of benzene rings is 1. The van der Waals surface area contributed by atoms with E-state index in [1.54, 1.807) is 18.3 Å². The zero-order valence-electron chi connectivity index (χ0n) is 22.1. The number of rotatable bonds is 7. The molecule has 11 nitrogen and oxygen atoms in total. The number of urea groups is 1. The summed E-state index contributed by atoms with van der Waals surface area (Å²) in [7, 11) is 0. The highest BCUT2D eigenvalue weighted by atomic mass is 35.5. The smallest absolute Gasteiger partial charge is 0.382 e. The van der Waals surface area contributed by atoms with Gasteiger partial charge in [0.15, 0.2) is 17.7 Å². The zero-order chi connectivity index (χ0) is 29.9. The minimum atomic E-state index is -5.01. The van der Waals surface area contributed by atoms with E-state index in [0.29, 0.717) is 46.3 Å². The molecular weight excluding hydrogens is 586 g/mol. The Morgan fingerprint density at radius 2 is 1.98 bits per heavy atom. The average molecular weight is 614 g/mol. The van der Waals surface area contributed by atoms with Crippen molar-refractivity contribution in [1.29, 1.82) is 5.41 Å². The number of pyridine rings is 1. The molecule has 0 unspecified atom stereocenters. The Morgan fingerprint density at radius 3 is 2.61 bits per heavy atom. The van der Waals surface area contributed by atoms with Gasteiger partial charge in [0.1, 0.15) is 5.84 Å². The number of hydrogen-bond donors (Lipinski definition) is 4. The summed E-state index contributed by atoms with van der Waals surface area (Å²) in [6.45, 7) is 4.41. The maximum absolute atomic E-state index is 13.2. The summed E-state index contributed by atoms with van der Waals surface area (Å²) in [4.78, 5) is 24.5. The lowest BCUT2D eigenvalue weighted by molar-refractivity contribution is -0.204. The first-order valence-electron chi connectivity index (χ1n) is 12.5. The van der Waals surface area contributed by atoms with Gasteiger partial charge in [-0.05, 0) is 50.2 Å². The van der Waals surface area contributed by atoms with Gasteiger partial charge in [0.2, 0.25) is 5.95 Å². The van der Waals surface area contributed by atoms with E-state index in [9.17, 15) is 23.1 Å². The van der Waals surface area contributed by atoms with Gasteiger partial charge in [0.25, 0.3) is 0 Å². The Bertz CT molecular complexity index is 1400. The monoisotopic (exact) mass is 613 g/mol. The molecule has 1 saturated heterocycles. The highest BCUT2D eigenvalue weighted by Gasteiger charge is 2.41. The van der Waals surface area contributed by atoms with Crippen molar-refractivity contribution < 1.29 is 23.1 Å². The van der Waals surface area contributed by atoms with Crippen LogP contribution in [0.1, 0.15) is 25.2 Å². The zero-order valence-corrected chi connectivity index (χ0v) is 23.6. The molecular formula is C25H28Cl2F3N9O2. The largest absolute Gasteiger partial charge is 0.416 e. The van der Waals surface area contributed by atoms with E-state index < -0.39 is 30.7 Å². The minimum Gasteiger partial charge on any atom is -0.382 e. The molecule has 0 aliphatic carbocycles. The number of carbonyl (C=O) groups excluding carboxylic acids is 1. The van der Waals surface area contributed by atoms with E-state index in [2.05, 4.69) is 25.7 Å². The SMILES string of the molecule is CC1(C)CN(c2nc(CNC(=O)N(C[C@H](O)C(F)(F)F)C(=N)c3ccc(Cl)cc3)nn2-c2ncccc2Cl)CCN1. The molecule has 0 bridgehead atoms. The van der Waals surface area contributed by atoms with Crippen LogP contribution in [-0.2, 0) is 6.54 Å². The van der Waals surface area contributed by atoms with Crippen molar-refractivity contribution >= 4 is 41.0 Å². The predicted octanol–water partition coefficient (Wildman–Crippen LogP) is 3.62. The lowest BCUT2D eigenvalue weighted by Crippen LogP contribution is -2.57. The van der Waals surface area contributed by atoms with Gasteiger partial charge in [0, 0.05) is 42.0 Å². The number of alkyl halides is 3.